The van der Waals surface area contributed by atoms with Crippen molar-refractivity contribution in [1.29, 1.82) is 0 Å². The van der Waals surface area contributed by atoms with Gasteiger partial charge in [0.2, 0.25) is 0 Å². The zero-order valence-corrected chi connectivity index (χ0v) is 13.3. The molecule has 3 atom stereocenters. The Morgan fingerprint density at radius 2 is 2.10 bits per heavy atom. The summed E-state index contributed by atoms with van der Waals surface area (Å²) in [5.41, 5.74) is 9.16. The summed E-state index contributed by atoms with van der Waals surface area (Å²) in [4.78, 5) is 0. The van der Waals surface area contributed by atoms with Gasteiger partial charge in [-0.2, -0.15) is 11.8 Å². The standard InChI is InChI=1S/C17H25NOS/c1-13-3-5-14(6-4-13)16(2,18)15-7-9-19-17(11-15)8-10-20-12-17/h3-6,15H,7-12,18H2,1-2H3. The minimum absolute atomic E-state index is 0.110. The van der Waals surface area contributed by atoms with Crippen LogP contribution in [0.3, 0.4) is 0 Å². The smallest absolute Gasteiger partial charge is 0.0783 e. The first kappa shape index (κ1) is 14.4. The molecule has 2 fully saturated rings. The van der Waals surface area contributed by atoms with E-state index in [1.807, 2.05) is 11.8 Å². The topological polar surface area (TPSA) is 35.2 Å². The molecule has 0 saturated carbocycles. The van der Waals surface area contributed by atoms with Crippen molar-refractivity contribution < 1.29 is 4.74 Å². The van der Waals surface area contributed by atoms with Gasteiger partial charge in [0.1, 0.15) is 0 Å². The number of nitrogens with two attached hydrogens (primary N) is 1. The van der Waals surface area contributed by atoms with Crippen molar-refractivity contribution in [1.82, 2.24) is 0 Å². The molecule has 0 radical (unpaired) electrons. The van der Waals surface area contributed by atoms with E-state index in [-0.39, 0.29) is 11.1 Å². The molecule has 1 spiro atoms. The molecular formula is C17H25NOS. The zero-order chi connectivity index (χ0) is 14.2. The molecule has 2 aliphatic heterocycles. The van der Waals surface area contributed by atoms with E-state index in [9.17, 15) is 0 Å². The average Bonchev–Trinajstić information content (AvgIpc) is 2.87. The second-order valence-corrected chi connectivity index (χ2v) is 7.78. The second-order valence-electron chi connectivity index (χ2n) is 6.67. The Bertz CT molecular complexity index is 462. The maximum absolute atomic E-state index is 6.75. The number of rotatable bonds is 2. The maximum atomic E-state index is 6.75. The molecule has 110 valence electrons. The lowest BCUT2D eigenvalue weighted by atomic mass is 9.71. The Morgan fingerprint density at radius 1 is 1.35 bits per heavy atom. The van der Waals surface area contributed by atoms with Gasteiger partial charge in [0, 0.05) is 17.9 Å². The highest BCUT2D eigenvalue weighted by Crippen LogP contribution is 2.45. The molecule has 0 aromatic heterocycles. The van der Waals surface area contributed by atoms with Gasteiger partial charge in [-0.25, -0.2) is 0 Å². The Hall–Kier alpha value is -0.510. The Balaban J connectivity index is 1.81. The molecule has 0 amide bonds. The Labute approximate surface area is 126 Å². The highest BCUT2D eigenvalue weighted by molar-refractivity contribution is 7.99. The minimum Gasteiger partial charge on any atom is -0.374 e. The molecule has 1 aromatic carbocycles. The van der Waals surface area contributed by atoms with Gasteiger partial charge in [-0.15, -0.1) is 0 Å². The molecule has 3 unspecified atom stereocenters. The van der Waals surface area contributed by atoms with Crippen molar-refractivity contribution in [3.8, 4) is 0 Å². The van der Waals surface area contributed by atoms with Gasteiger partial charge in [-0.05, 0) is 50.3 Å². The highest BCUT2D eigenvalue weighted by atomic mass is 32.2. The molecule has 20 heavy (non-hydrogen) atoms. The molecule has 3 rings (SSSR count). The van der Waals surface area contributed by atoms with Crippen LogP contribution in [0.15, 0.2) is 24.3 Å². The van der Waals surface area contributed by atoms with Crippen molar-refractivity contribution in [2.45, 2.75) is 44.2 Å². The molecule has 2 heterocycles. The van der Waals surface area contributed by atoms with Gasteiger partial charge in [-0.1, -0.05) is 29.8 Å². The summed E-state index contributed by atoms with van der Waals surface area (Å²) in [6.07, 6.45) is 3.38. The van der Waals surface area contributed by atoms with Crippen LogP contribution in [-0.2, 0) is 10.3 Å². The minimum atomic E-state index is -0.252. The monoisotopic (exact) mass is 291 g/mol. The van der Waals surface area contributed by atoms with Crippen LogP contribution in [0.1, 0.15) is 37.3 Å². The van der Waals surface area contributed by atoms with Crippen molar-refractivity contribution in [2.75, 3.05) is 18.1 Å². The molecule has 1 aromatic rings. The van der Waals surface area contributed by atoms with E-state index in [1.54, 1.807) is 0 Å². The quantitative estimate of drug-likeness (QED) is 0.906. The van der Waals surface area contributed by atoms with Crippen LogP contribution in [0.25, 0.3) is 0 Å². The zero-order valence-electron chi connectivity index (χ0n) is 12.5. The predicted octanol–water partition coefficient (Wildman–Crippen LogP) is 3.47. The average molecular weight is 291 g/mol. The lowest BCUT2D eigenvalue weighted by molar-refractivity contribution is -0.0917. The number of hydrogen-bond acceptors (Lipinski definition) is 3. The summed E-state index contributed by atoms with van der Waals surface area (Å²) in [7, 11) is 0. The van der Waals surface area contributed by atoms with Crippen LogP contribution < -0.4 is 5.73 Å². The van der Waals surface area contributed by atoms with Crippen LogP contribution in [0.2, 0.25) is 0 Å². The van der Waals surface area contributed by atoms with E-state index in [1.165, 1.54) is 23.3 Å². The largest absolute Gasteiger partial charge is 0.374 e. The van der Waals surface area contributed by atoms with E-state index in [2.05, 4.69) is 38.1 Å². The normalized spacial score (nSPS) is 33.2. The third kappa shape index (κ3) is 2.63. The van der Waals surface area contributed by atoms with Gasteiger partial charge in [-0.3, -0.25) is 0 Å². The van der Waals surface area contributed by atoms with Crippen LogP contribution >= 0.6 is 11.8 Å². The summed E-state index contributed by atoms with van der Waals surface area (Å²) in [6, 6.07) is 8.73. The number of benzene rings is 1. The molecule has 2 aliphatic rings. The van der Waals surface area contributed by atoms with E-state index in [0.717, 1.165) is 25.2 Å². The lowest BCUT2D eigenvalue weighted by Crippen LogP contribution is -2.50. The van der Waals surface area contributed by atoms with E-state index in [4.69, 9.17) is 10.5 Å². The first-order chi connectivity index (χ1) is 9.52. The second kappa shape index (κ2) is 5.36. The first-order valence-corrected chi connectivity index (χ1v) is 8.75. The molecule has 2 N–H and O–H groups in total. The van der Waals surface area contributed by atoms with Gasteiger partial charge in [0.15, 0.2) is 0 Å². The van der Waals surface area contributed by atoms with Crippen LogP contribution in [0, 0.1) is 12.8 Å². The van der Waals surface area contributed by atoms with Crippen molar-refractivity contribution in [3.63, 3.8) is 0 Å². The first-order valence-electron chi connectivity index (χ1n) is 7.60. The summed E-state index contributed by atoms with van der Waals surface area (Å²) in [6.45, 7) is 5.18. The Kier molecular flexibility index (Phi) is 3.87. The number of thioether (sulfide) groups is 1. The molecular weight excluding hydrogens is 266 g/mol. The Morgan fingerprint density at radius 3 is 2.75 bits per heavy atom. The van der Waals surface area contributed by atoms with Gasteiger partial charge in [0.25, 0.3) is 0 Å². The van der Waals surface area contributed by atoms with E-state index >= 15 is 0 Å². The summed E-state index contributed by atoms with van der Waals surface area (Å²) in [5, 5.41) is 0. The van der Waals surface area contributed by atoms with Crippen molar-refractivity contribution in [3.05, 3.63) is 35.4 Å². The van der Waals surface area contributed by atoms with E-state index in [0.29, 0.717) is 5.92 Å². The highest BCUT2D eigenvalue weighted by Gasteiger charge is 2.45. The fourth-order valence-electron chi connectivity index (χ4n) is 3.55. The maximum Gasteiger partial charge on any atom is 0.0783 e. The molecule has 2 saturated heterocycles. The predicted molar refractivity (Wildman–Crippen MR) is 86.1 cm³/mol. The molecule has 0 bridgehead atoms. The number of ether oxygens (including phenoxy) is 1. The molecule has 3 heteroatoms. The van der Waals surface area contributed by atoms with Crippen LogP contribution in [0.5, 0.6) is 0 Å². The summed E-state index contributed by atoms with van der Waals surface area (Å²) in [5.74, 6) is 2.89. The van der Waals surface area contributed by atoms with Gasteiger partial charge >= 0.3 is 0 Å². The lowest BCUT2D eigenvalue weighted by Gasteiger charge is -2.44. The SMILES string of the molecule is Cc1ccc(C(C)(N)C2CCOC3(CCSC3)C2)cc1. The van der Waals surface area contributed by atoms with Crippen molar-refractivity contribution in [2.24, 2.45) is 11.7 Å². The van der Waals surface area contributed by atoms with Crippen molar-refractivity contribution >= 4 is 11.8 Å². The summed E-state index contributed by atoms with van der Waals surface area (Å²) < 4.78 is 6.13. The van der Waals surface area contributed by atoms with Gasteiger partial charge < -0.3 is 10.5 Å². The third-order valence-corrected chi connectivity index (χ3v) is 6.30. The van der Waals surface area contributed by atoms with Gasteiger partial charge in [0.05, 0.1) is 5.60 Å². The third-order valence-electron chi connectivity index (χ3n) is 5.08. The number of aryl methyl sites for hydroxylation is 1. The van der Waals surface area contributed by atoms with Crippen LogP contribution in [-0.4, -0.2) is 23.7 Å². The fraction of sp³-hybridized carbons (Fsp3) is 0.647. The van der Waals surface area contributed by atoms with Crippen LogP contribution in [0.4, 0.5) is 0 Å². The summed E-state index contributed by atoms with van der Waals surface area (Å²) >= 11 is 2.02. The van der Waals surface area contributed by atoms with E-state index < -0.39 is 0 Å². The fourth-order valence-corrected chi connectivity index (χ4v) is 4.93. The number of hydrogen-bond donors (Lipinski definition) is 1. The molecule has 0 aliphatic carbocycles. The molecule has 2 nitrogen and oxygen atoms in total.